The van der Waals surface area contributed by atoms with Crippen molar-refractivity contribution >= 4 is 21.6 Å². The zero-order chi connectivity index (χ0) is 18.7. The van der Waals surface area contributed by atoms with Crippen molar-refractivity contribution in [3.05, 3.63) is 45.8 Å². The molecule has 0 spiro atoms. The first-order valence-electron chi connectivity index (χ1n) is 8.94. The van der Waals surface area contributed by atoms with E-state index in [1.165, 1.54) is 11.3 Å². The van der Waals surface area contributed by atoms with Gasteiger partial charge in [-0.1, -0.05) is 26.0 Å². The SMILES string of the molecule is CCN(CC)CCn1c(C)nc2scc(-c3cccc(OC)c3)c2c1=O. The molecule has 0 aliphatic heterocycles. The highest BCUT2D eigenvalue weighted by atomic mass is 32.1. The van der Waals surface area contributed by atoms with E-state index in [-0.39, 0.29) is 5.56 Å². The predicted molar refractivity (Wildman–Crippen MR) is 108 cm³/mol. The summed E-state index contributed by atoms with van der Waals surface area (Å²) in [7, 11) is 1.65. The van der Waals surface area contributed by atoms with Crippen LogP contribution in [0.2, 0.25) is 0 Å². The van der Waals surface area contributed by atoms with Crippen molar-refractivity contribution in [2.75, 3.05) is 26.7 Å². The number of likely N-dealkylation sites (N-methyl/N-ethyl adjacent to an activating group) is 1. The molecular weight excluding hydrogens is 346 g/mol. The summed E-state index contributed by atoms with van der Waals surface area (Å²) < 4.78 is 7.13. The van der Waals surface area contributed by atoms with E-state index < -0.39 is 0 Å². The molecule has 1 aromatic carbocycles. The predicted octanol–water partition coefficient (Wildman–Crippen LogP) is 3.78. The molecule has 0 aliphatic carbocycles. The minimum absolute atomic E-state index is 0.0405. The fourth-order valence-electron chi connectivity index (χ4n) is 3.17. The van der Waals surface area contributed by atoms with Crippen LogP contribution in [0.25, 0.3) is 21.3 Å². The molecule has 2 aromatic heterocycles. The van der Waals surface area contributed by atoms with E-state index in [0.29, 0.717) is 11.9 Å². The first kappa shape index (κ1) is 18.6. The smallest absolute Gasteiger partial charge is 0.262 e. The van der Waals surface area contributed by atoms with Gasteiger partial charge in [-0.05, 0) is 37.7 Å². The van der Waals surface area contributed by atoms with E-state index >= 15 is 0 Å². The quantitative estimate of drug-likeness (QED) is 0.634. The van der Waals surface area contributed by atoms with Gasteiger partial charge in [-0.25, -0.2) is 4.98 Å². The Morgan fingerprint density at radius 1 is 1.27 bits per heavy atom. The largest absolute Gasteiger partial charge is 0.497 e. The maximum absolute atomic E-state index is 13.2. The van der Waals surface area contributed by atoms with E-state index in [0.717, 1.165) is 47.2 Å². The number of thiophene rings is 1. The van der Waals surface area contributed by atoms with E-state index in [4.69, 9.17) is 4.74 Å². The van der Waals surface area contributed by atoms with Crippen LogP contribution < -0.4 is 10.3 Å². The Hall–Kier alpha value is -2.18. The monoisotopic (exact) mass is 371 g/mol. The first-order valence-corrected chi connectivity index (χ1v) is 9.82. The third-order valence-electron chi connectivity index (χ3n) is 4.80. The third kappa shape index (κ3) is 3.52. The lowest BCUT2D eigenvalue weighted by molar-refractivity contribution is 0.288. The molecule has 0 saturated heterocycles. The Labute approximate surface area is 157 Å². The molecule has 3 rings (SSSR count). The minimum Gasteiger partial charge on any atom is -0.497 e. The molecule has 26 heavy (non-hydrogen) atoms. The van der Waals surface area contributed by atoms with Gasteiger partial charge in [0.1, 0.15) is 16.4 Å². The van der Waals surface area contributed by atoms with E-state index in [2.05, 4.69) is 23.7 Å². The van der Waals surface area contributed by atoms with Crippen LogP contribution in [0, 0.1) is 6.92 Å². The summed E-state index contributed by atoms with van der Waals surface area (Å²) >= 11 is 1.52. The van der Waals surface area contributed by atoms with Gasteiger partial charge < -0.3 is 9.64 Å². The molecule has 3 aromatic rings. The highest BCUT2D eigenvalue weighted by Gasteiger charge is 2.16. The molecule has 0 N–H and O–H groups in total. The number of methoxy groups -OCH3 is 1. The van der Waals surface area contributed by atoms with Gasteiger partial charge in [0.05, 0.1) is 12.5 Å². The summed E-state index contributed by atoms with van der Waals surface area (Å²) in [6, 6.07) is 7.81. The zero-order valence-corrected chi connectivity index (χ0v) is 16.6. The summed E-state index contributed by atoms with van der Waals surface area (Å²) in [5, 5.41) is 2.72. The van der Waals surface area contributed by atoms with Gasteiger partial charge in [-0.15, -0.1) is 11.3 Å². The van der Waals surface area contributed by atoms with E-state index in [1.807, 2.05) is 36.6 Å². The van der Waals surface area contributed by atoms with Crippen molar-refractivity contribution in [2.45, 2.75) is 27.3 Å². The second-order valence-electron chi connectivity index (χ2n) is 6.20. The zero-order valence-electron chi connectivity index (χ0n) is 15.8. The molecule has 0 radical (unpaired) electrons. The van der Waals surface area contributed by atoms with Crippen LogP contribution in [0.3, 0.4) is 0 Å². The van der Waals surface area contributed by atoms with E-state index in [9.17, 15) is 4.79 Å². The van der Waals surface area contributed by atoms with Crippen molar-refractivity contribution in [3.63, 3.8) is 0 Å². The van der Waals surface area contributed by atoms with E-state index in [1.54, 1.807) is 11.7 Å². The van der Waals surface area contributed by atoms with Crippen LogP contribution in [-0.2, 0) is 6.54 Å². The van der Waals surface area contributed by atoms with Crippen LogP contribution in [0.5, 0.6) is 5.75 Å². The maximum atomic E-state index is 13.2. The second kappa shape index (κ2) is 8.01. The van der Waals surface area contributed by atoms with Crippen molar-refractivity contribution in [2.24, 2.45) is 0 Å². The number of aromatic nitrogens is 2. The number of nitrogens with zero attached hydrogens (tertiary/aromatic N) is 3. The van der Waals surface area contributed by atoms with Crippen molar-refractivity contribution in [1.29, 1.82) is 0 Å². The lowest BCUT2D eigenvalue weighted by atomic mass is 10.1. The Morgan fingerprint density at radius 2 is 2.04 bits per heavy atom. The standard InChI is InChI=1S/C20H25N3O2S/c1-5-22(6-2)10-11-23-14(3)21-19-18(20(23)24)17(13-26-19)15-8-7-9-16(12-15)25-4/h7-9,12-13H,5-6,10-11H2,1-4H3. The average molecular weight is 372 g/mol. The number of fused-ring (bicyclic) bond motifs is 1. The van der Waals surface area contributed by atoms with Gasteiger partial charge in [-0.3, -0.25) is 9.36 Å². The molecule has 6 heteroatoms. The summed E-state index contributed by atoms with van der Waals surface area (Å²) in [6.07, 6.45) is 0. The van der Waals surface area contributed by atoms with Crippen LogP contribution in [-0.4, -0.2) is 41.2 Å². The Balaban J connectivity index is 2.07. The number of aryl methyl sites for hydroxylation is 1. The molecule has 5 nitrogen and oxygen atoms in total. The molecule has 2 heterocycles. The van der Waals surface area contributed by atoms with Crippen molar-refractivity contribution in [1.82, 2.24) is 14.5 Å². The van der Waals surface area contributed by atoms with Crippen LogP contribution in [0.15, 0.2) is 34.4 Å². The van der Waals surface area contributed by atoms with Crippen molar-refractivity contribution in [3.8, 4) is 16.9 Å². The van der Waals surface area contributed by atoms with Gasteiger partial charge in [0.25, 0.3) is 5.56 Å². The maximum Gasteiger partial charge on any atom is 0.262 e. The highest BCUT2D eigenvalue weighted by Crippen LogP contribution is 2.32. The summed E-state index contributed by atoms with van der Waals surface area (Å²) in [5.74, 6) is 1.55. The molecule has 138 valence electrons. The number of hydrogen-bond acceptors (Lipinski definition) is 5. The summed E-state index contributed by atoms with van der Waals surface area (Å²) in [6.45, 7) is 9.65. The molecule has 0 saturated carbocycles. The molecule has 0 atom stereocenters. The molecule has 0 amide bonds. The van der Waals surface area contributed by atoms with Gasteiger partial charge >= 0.3 is 0 Å². The van der Waals surface area contributed by atoms with Crippen LogP contribution >= 0.6 is 11.3 Å². The Morgan fingerprint density at radius 3 is 2.73 bits per heavy atom. The molecule has 0 fully saturated rings. The Kier molecular flexibility index (Phi) is 5.74. The van der Waals surface area contributed by atoms with Gasteiger partial charge in [0, 0.05) is 24.0 Å². The number of benzene rings is 1. The second-order valence-corrected chi connectivity index (χ2v) is 7.06. The fourth-order valence-corrected chi connectivity index (χ4v) is 4.16. The van der Waals surface area contributed by atoms with Crippen LogP contribution in [0.4, 0.5) is 0 Å². The number of rotatable bonds is 7. The molecule has 0 unspecified atom stereocenters. The summed E-state index contributed by atoms with van der Waals surface area (Å²) in [5.41, 5.74) is 1.95. The molecular formula is C20H25N3O2S. The van der Waals surface area contributed by atoms with Gasteiger partial charge in [-0.2, -0.15) is 0 Å². The Bertz CT molecular complexity index is 957. The topological polar surface area (TPSA) is 47.4 Å². The lowest BCUT2D eigenvalue weighted by Crippen LogP contribution is -2.32. The minimum atomic E-state index is 0.0405. The summed E-state index contributed by atoms with van der Waals surface area (Å²) in [4.78, 5) is 21.0. The molecule has 0 aliphatic rings. The molecule has 0 bridgehead atoms. The normalized spacial score (nSPS) is 11.4. The van der Waals surface area contributed by atoms with Crippen molar-refractivity contribution < 1.29 is 4.74 Å². The highest BCUT2D eigenvalue weighted by molar-refractivity contribution is 7.17. The third-order valence-corrected chi connectivity index (χ3v) is 5.67. The fraction of sp³-hybridized carbons (Fsp3) is 0.400. The lowest BCUT2D eigenvalue weighted by Gasteiger charge is -2.19. The van der Waals surface area contributed by atoms with Gasteiger partial charge in [0.15, 0.2) is 0 Å². The van der Waals surface area contributed by atoms with Gasteiger partial charge in [0.2, 0.25) is 0 Å². The van der Waals surface area contributed by atoms with Crippen LogP contribution in [0.1, 0.15) is 19.7 Å². The first-order chi connectivity index (χ1) is 12.6. The number of ether oxygens (including phenoxy) is 1. The number of hydrogen-bond donors (Lipinski definition) is 0. The average Bonchev–Trinajstić information content (AvgIpc) is 3.08.